The van der Waals surface area contributed by atoms with Crippen molar-refractivity contribution in [3.63, 3.8) is 0 Å². The minimum absolute atomic E-state index is 0.0397. The number of carbonyl (C=O) groups excluding carboxylic acids is 1. The van der Waals surface area contributed by atoms with Crippen molar-refractivity contribution in [3.8, 4) is 5.75 Å². The summed E-state index contributed by atoms with van der Waals surface area (Å²) in [5.74, 6) is 0.678. The van der Waals surface area contributed by atoms with Gasteiger partial charge in [0.2, 0.25) is 0 Å². The van der Waals surface area contributed by atoms with E-state index in [2.05, 4.69) is 10.4 Å². The van der Waals surface area contributed by atoms with Crippen LogP contribution in [0.25, 0.3) is 0 Å². The number of carbonyl (C=O) groups is 1. The zero-order valence-corrected chi connectivity index (χ0v) is 12.6. The van der Waals surface area contributed by atoms with Crippen molar-refractivity contribution in [2.24, 2.45) is 7.05 Å². The van der Waals surface area contributed by atoms with Gasteiger partial charge in [-0.3, -0.25) is 9.48 Å². The second-order valence-corrected chi connectivity index (χ2v) is 5.49. The molecule has 0 saturated carbocycles. The SMILES string of the molecule is Cc1nn(C)c(Cl)c1C(=O)NC[C@H]1Cc2ccccc2O1. The Morgan fingerprint density at radius 1 is 1.52 bits per heavy atom. The van der Waals surface area contributed by atoms with Crippen LogP contribution in [0.4, 0.5) is 0 Å². The van der Waals surface area contributed by atoms with Crippen LogP contribution >= 0.6 is 11.6 Å². The number of aromatic nitrogens is 2. The molecule has 6 heteroatoms. The van der Waals surface area contributed by atoms with Crippen LogP contribution < -0.4 is 10.1 Å². The predicted octanol–water partition coefficient (Wildman–Crippen LogP) is 2.12. The average molecular weight is 306 g/mol. The maximum atomic E-state index is 12.2. The number of para-hydroxylation sites is 1. The Morgan fingerprint density at radius 3 is 2.95 bits per heavy atom. The van der Waals surface area contributed by atoms with E-state index in [0.29, 0.717) is 23.0 Å². The molecule has 0 saturated heterocycles. The van der Waals surface area contributed by atoms with Crippen LogP contribution in [-0.4, -0.2) is 28.3 Å². The van der Waals surface area contributed by atoms with E-state index in [4.69, 9.17) is 16.3 Å². The Morgan fingerprint density at radius 2 is 2.29 bits per heavy atom. The Bertz CT molecular complexity index is 671. The number of amides is 1. The molecule has 2 heterocycles. The second-order valence-electron chi connectivity index (χ2n) is 5.14. The van der Waals surface area contributed by atoms with Gasteiger partial charge < -0.3 is 10.1 Å². The molecular formula is C15H16ClN3O2. The fraction of sp³-hybridized carbons (Fsp3) is 0.333. The van der Waals surface area contributed by atoms with Gasteiger partial charge in [0, 0.05) is 13.5 Å². The number of ether oxygens (including phenoxy) is 1. The van der Waals surface area contributed by atoms with Gasteiger partial charge in [0.05, 0.1) is 17.8 Å². The van der Waals surface area contributed by atoms with Gasteiger partial charge in [-0.1, -0.05) is 29.8 Å². The zero-order chi connectivity index (χ0) is 15.0. The maximum Gasteiger partial charge on any atom is 0.256 e. The van der Waals surface area contributed by atoms with Crippen molar-refractivity contribution >= 4 is 17.5 Å². The molecule has 0 unspecified atom stereocenters. The normalized spacial score (nSPS) is 16.4. The number of aryl methyl sites for hydroxylation is 2. The quantitative estimate of drug-likeness (QED) is 0.945. The molecule has 1 aliphatic rings. The molecule has 110 valence electrons. The first-order valence-corrected chi connectivity index (χ1v) is 7.16. The summed E-state index contributed by atoms with van der Waals surface area (Å²) in [6, 6.07) is 7.92. The lowest BCUT2D eigenvalue weighted by molar-refractivity contribution is 0.0933. The van der Waals surface area contributed by atoms with Crippen molar-refractivity contribution in [1.29, 1.82) is 0 Å². The number of nitrogens with zero attached hydrogens (tertiary/aromatic N) is 2. The number of fused-ring (bicyclic) bond motifs is 1. The fourth-order valence-corrected chi connectivity index (χ4v) is 2.81. The molecule has 5 nitrogen and oxygen atoms in total. The van der Waals surface area contributed by atoms with E-state index in [1.165, 1.54) is 10.2 Å². The van der Waals surface area contributed by atoms with Gasteiger partial charge in [-0.25, -0.2) is 0 Å². The van der Waals surface area contributed by atoms with Crippen LogP contribution in [0.15, 0.2) is 24.3 Å². The van der Waals surface area contributed by atoms with Crippen LogP contribution in [0.2, 0.25) is 5.15 Å². The van der Waals surface area contributed by atoms with E-state index >= 15 is 0 Å². The molecule has 21 heavy (non-hydrogen) atoms. The van der Waals surface area contributed by atoms with E-state index in [0.717, 1.165) is 12.2 Å². The highest BCUT2D eigenvalue weighted by Crippen LogP contribution is 2.27. The average Bonchev–Trinajstić information content (AvgIpc) is 2.97. The lowest BCUT2D eigenvalue weighted by atomic mass is 10.1. The van der Waals surface area contributed by atoms with Crippen molar-refractivity contribution in [2.75, 3.05) is 6.54 Å². The largest absolute Gasteiger partial charge is 0.488 e. The number of rotatable bonds is 3. The number of hydrogen-bond donors (Lipinski definition) is 1. The van der Waals surface area contributed by atoms with Gasteiger partial charge in [-0.05, 0) is 18.6 Å². The molecule has 1 aromatic heterocycles. The monoisotopic (exact) mass is 305 g/mol. The van der Waals surface area contributed by atoms with Crippen LogP contribution in [0.5, 0.6) is 5.75 Å². The summed E-state index contributed by atoms with van der Waals surface area (Å²) < 4.78 is 7.28. The van der Waals surface area contributed by atoms with Crippen LogP contribution in [-0.2, 0) is 13.5 Å². The highest BCUT2D eigenvalue weighted by Gasteiger charge is 2.24. The van der Waals surface area contributed by atoms with Crippen molar-refractivity contribution < 1.29 is 9.53 Å². The summed E-state index contributed by atoms with van der Waals surface area (Å²) in [6.07, 6.45) is 0.762. The van der Waals surface area contributed by atoms with Gasteiger partial charge in [-0.15, -0.1) is 0 Å². The summed E-state index contributed by atoms with van der Waals surface area (Å²) in [4.78, 5) is 12.2. The molecule has 1 N–H and O–H groups in total. The lowest BCUT2D eigenvalue weighted by Gasteiger charge is -2.11. The van der Waals surface area contributed by atoms with Crippen molar-refractivity contribution in [2.45, 2.75) is 19.4 Å². The molecule has 1 amide bonds. The molecule has 1 aromatic carbocycles. The summed E-state index contributed by atoms with van der Waals surface area (Å²) in [5, 5.41) is 7.35. The zero-order valence-electron chi connectivity index (χ0n) is 11.9. The number of hydrogen-bond acceptors (Lipinski definition) is 3. The summed E-state index contributed by atoms with van der Waals surface area (Å²) in [5.41, 5.74) is 2.22. The lowest BCUT2D eigenvalue weighted by Crippen LogP contribution is -2.34. The minimum atomic E-state index is -0.217. The number of halogens is 1. The van der Waals surface area contributed by atoms with Gasteiger partial charge in [0.1, 0.15) is 17.0 Å². The third-order valence-corrected chi connectivity index (χ3v) is 4.02. The van der Waals surface area contributed by atoms with Crippen LogP contribution in [0.3, 0.4) is 0 Å². The molecule has 1 aliphatic heterocycles. The first kappa shape index (κ1) is 13.9. The summed E-state index contributed by atoms with van der Waals surface area (Å²) >= 11 is 6.09. The van der Waals surface area contributed by atoms with Crippen molar-refractivity contribution in [3.05, 3.63) is 46.2 Å². The second kappa shape index (κ2) is 5.41. The summed E-state index contributed by atoms with van der Waals surface area (Å²) in [6.45, 7) is 2.21. The molecule has 2 aromatic rings. The molecular weight excluding hydrogens is 290 g/mol. The summed E-state index contributed by atoms with van der Waals surface area (Å²) in [7, 11) is 1.71. The standard InChI is InChI=1S/C15H16ClN3O2/c1-9-13(14(16)19(2)18-9)15(20)17-8-11-7-10-5-3-4-6-12(10)21-11/h3-6,11H,7-8H2,1-2H3,(H,17,20)/t11-/m1/s1. The van der Waals surface area contributed by atoms with Gasteiger partial charge in [0.25, 0.3) is 5.91 Å². The first-order chi connectivity index (χ1) is 10.1. The molecule has 0 aliphatic carbocycles. The van der Waals surface area contributed by atoms with Gasteiger partial charge in [-0.2, -0.15) is 5.10 Å². The highest BCUT2D eigenvalue weighted by atomic mass is 35.5. The van der Waals surface area contributed by atoms with E-state index in [1.807, 2.05) is 24.3 Å². The Hall–Kier alpha value is -2.01. The van der Waals surface area contributed by atoms with Crippen LogP contribution in [0, 0.1) is 6.92 Å². The smallest absolute Gasteiger partial charge is 0.256 e. The predicted molar refractivity (Wildman–Crippen MR) is 79.9 cm³/mol. The Balaban J connectivity index is 1.63. The highest BCUT2D eigenvalue weighted by molar-refractivity contribution is 6.33. The van der Waals surface area contributed by atoms with E-state index in [1.54, 1.807) is 14.0 Å². The molecule has 0 spiro atoms. The van der Waals surface area contributed by atoms with Gasteiger partial charge in [0.15, 0.2) is 0 Å². The first-order valence-electron chi connectivity index (χ1n) is 6.78. The Kier molecular flexibility index (Phi) is 3.59. The molecule has 0 fully saturated rings. The maximum absolute atomic E-state index is 12.2. The third-order valence-electron chi connectivity index (χ3n) is 3.58. The molecule has 0 bridgehead atoms. The minimum Gasteiger partial charge on any atom is -0.488 e. The van der Waals surface area contributed by atoms with Gasteiger partial charge >= 0.3 is 0 Å². The number of benzene rings is 1. The van der Waals surface area contributed by atoms with E-state index < -0.39 is 0 Å². The van der Waals surface area contributed by atoms with Crippen molar-refractivity contribution in [1.82, 2.24) is 15.1 Å². The number of nitrogens with one attached hydrogen (secondary N) is 1. The fourth-order valence-electron chi connectivity index (χ4n) is 2.55. The topological polar surface area (TPSA) is 56.2 Å². The van der Waals surface area contributed by atoms with E-state index in [-0.39, 0.29) is 12.0 Å². The Labute approximate surface area is 127 Å². The molecule has 1 atom stereocenters. The van der Waals surface area contributed by atoms with E-state index in [9.17, 15) is 4.79 Å². The molecule has 3 rings (SSSR count). The third kappa shape index (κ3) is 2.61. The van der Waals surface area contributed by atoms with Crippen LogP contribution in [0.1, 0.15) is 21.6 Å². The molecule has 0 radical (unpaired) electrons.